The highest BCUT2D eigenvalue weighted by atomic mass is 16.2. The van der Waals surface area contributed by atoms with Crippen LogP contribution in [0.5, 0.6) is 0 Å². The quantitative estimate of drug-likeness (QED) is 0.681. The first-order valence-corrected chi connectivity index (χ1v) is 9.84. The van der Waals surface area contributed by atoms with Gasteiger partial charge in [-0.1, -0.05) is 52.8 Å². The van der Waals surface area contributed by atoms with Gasteiger partial charge in [-0.15, -0.1) is 0 Å². The Morgan fingerprint density at radius 3 is 2.34 bits per heavy atom. The maximum absolute atomic E-state index is 12.9. The molecule has 0 saturated heterocycles. The molecule has 2 N–H and O–H groups in total. The molecule has 29 heavy (non-hydrogen) atoms. The van der Waals surface area contributed by atoms with Crippen LogP contribution >= 0.6 is 0 Å². The van der Waals surface area contributed by atoms with E-state index in [1.807, 2.05) is 44.2 Å². The third-order valence-corrected chi connectivity index (χ3v) is 4.65. The van der Waals surface area contributed by atoms with Crippen LogP contribution in [0.2, 0.25) is 0 Å². The number of fused-ring (bicyclic) bond motifs is 1. The molecule has 2 amide bonds. The van der Waals surface area contributed by atoms with E-state index in [0.29, 0.717) is 23.7 Å². The van der Waals surface area contributed by atoms with Gasteiger partial charge in [-0.25, -0.2) is 4.98 Å². The lowest BCUT2D eigenvalue weighted by atomic mass is 9.87. The van der Waals surface area contributed by atoms with Crippen molar-refractivity contribution in [1.82, 2.24) is 14.7 Å². The van der Waals surface area contributed by atoms with Crippen molar-refractivity contribution in [3.63, 3.8) is 0 Å². The number of rotatable bonds is 5. The molecule has 2 aromatic heterocycles. The van der Waals surface area contributed by atoms with Gasteiger partial charge in [-0.05, 0) is 41.2 Å². The molecule has 3 rings (SSSR count). The molecule has 0 saturated carbocycles. The summed E-state index contributed by atoms with van der Waals surface area (Å²) in [5.41, 5.74) is 2.76. The smallest absolute Gasteiger partial charge is 0.292 e. The molecule has 0 unspecified atom stereocenters. The van der Waals surface area contributed by atoms with Crippen molar-refractivity contribution < 1.29 is 9.59 Å². The fourth-order valence-corrected chi connectivity index (χ4v) is 2.99. The van der Waals surface area contributed by atoms with Crippen LogP contribution < -0.4 is 10.6 Å². The summed E-state index contributed by atoms with van der Waals surface area (Å²) in [7, 11) is 0. The molecule has 152 valence electrons. The Morgan fingerprint density at radius 1 is 1.03 bits per heavy atom. The van der Waals surface area contributed by atoms with Gasteiger partial charge in [0, 0.05) is 18.4 Å². The second kappa shape index (κ2) is 8.07. The lowest BCUT2D eigenvalue weighted by Crippen LogP contribution is -2.27. The summed E-state index contributed by atoms with van der Waals surface area (Å²) >= 11 is 0. The number of nitrogens with one attached hydrogen (secondary N) is 2. The minimum atomic E-state index is -0.363. The predicted molar refractivity (Wildman–Crippen MR) is 115 cm³/mol. The number of anilines is 1. The molecule has 6 heteroatoms. The van der Waals surface area contributed by atoms with E-state index in [9.17, 15) is 9.59 Å². The molecule has 0 aliphatic carbocycles. The summed E-state index contributed by atoms with van der Waals surface area (Å²) in [5, 5.41) is 5.74. The Morgan fingerprint density at radius 2 is 1.72 bits per heavy atom. The van der Waals surface area contributed by atoms with E-state index in [1.165, 1.54) is 5.56 Å². The van der Waals surface area contributed by atoms with Gasteiger partial charge in [-0.3, -0.25) is 14.0 Å². The standard InChI is InChI=1S/C23H28N4O2/c1-15(2)14-24-21(28)19-18-8-6-7-13-27(18)20(26-19)22(29)25-17-11-9-16(10-12-17)23(3,4)5/h6-13,15H,14H2,1-5H3,(H,24,28)(H,25,29). The second-order valence-corrected chi connectivity index (χ2v) is 8.63. The van der Waals surface area contributed by atoms with Gasteiger partial charge in [0.2, 0.25) is 5.82 Å². The van der Waals surface area contributed by atoms with E-state index >= 15 is 0 Å². The Kier molecular flexibility index (Phi) is 5.73. The molecule has 2 heterocycles. The molecule has 0 spiro atoms. The average Bonchev–Trinajstić information content (AvgIpc) is 3.06. The summed E-state index contributed by atoms with van der Waals surface area (Å²) in [5.74, 6) is -0.143. The van der Waals surface area contributed by atoms with Gasteiger partial charge in [0.05, 0.1) is 5.52 Å². The highest BCUT2D eigenvalue weighted by Crippen LogP contribution is 2.24. The highest BCUT2D eigenvalue weighted by Gasteiger charge is 2.22. The van der Waals surface area contributed by atoms with Crippen LogP contribution in [-0.2, 0) is 5.41 Å². The van der Waals surface area contributed by atoms with Crippen molar-refractivity contribution in [2.75, 3.05) is 11.9 Å². The van der Waals surface area contributed by atoms with Crippen LogP contribution in [0, 0.1) is 5.92 Å². The number of pyridine rings is 1. The maximum atomic E-state index is 12.9. The van der Waals surface area contributed by atoms with E-state index in [1.54, 1.807) is 22.7 Å². The summed E-state index contributed by atoms with van der Waals surface area (Å²) < 4.78 is 1.64. The lowest BCUT2D eigenvalue weighted by molar-refractivity contribution is 0.0946. The zero-order valence-electron chi connectivity index (χ0n) is 17.6. The molecule has 0 bridgehead atoms. The zero-order valence-corrected chi connectivity index (χ0v) is 17.6. The van der Waals surface area contributed by atoms with Crippen molar-refractivity contribution in [2.45, 2.75) is 40.0 Å². The number of carbonyl (C=O) groups excluding carboxylic acids is 2. The number of imidazole rings is 1. The minimum absolute atomic E-state index is 0.0417. The fourth-order valence-electron chi connectivity index (χ4n) is 2.99. The van der Waals surface area contributed by atoms with Crippen molar-refractivity contribution in [1.29, 1.82) is 0 Å². The van der Waals surface area contributed by atoms with E-state index in [-0.39, 0.29) is 28.7 Å². The van der Waals surface area contributed by atoms with Gasteiger partial charge in [0.15, 0.2) is 5.69 Å². The second-order valence-electron chi connectivity index (χ2n) is 8.63. The summed E-state index contributed by atoms with van der Waals surface area (Å²) in [6.45, 7) is 11.0. The fraction of sp³-hybridized carbons (Fsp3) is 0.348. The zero-order chi connectivity index (χ0) is 21.2. The predicted octanol–water partition coefficient (Wildman–Crippen LogP) is 4.27. The normalized spacial score (nSPS) is 11.7. The number of amides is 2. The first kappa shape index (κ1) is 20.6. The van der Waals surface area contributed by atoms with Crippen molar-refractivity contribution in [3.8, 4) is 0 Å². The van der Waals surface area contributed by atoms with Gasteiger partial charge in [0.1, 0.15) is 0 Å². The SMILES string of the molecule is CC(C)CNC(=O)c1nc(C(=O)Nc2ccc(C(C)(C)C)cc2)n2ccccc12. The summed E-state index contributed by atoms with van der Waals surface area (Å²) in [6.07, 6.45) is 1.74. The molecule has 0 aliphatic heterocycles. The largest absolute Gasteiger partial charge is 0.350 e. The molecule has 0 atom stereocenters. The van der Waals surface area contributed by atoms with Crippen LogP contribution in [0.1, 0.15) is 61.3 Å². The van der Waals surface area contributed by atoms with E-state index in [0.717, 1.165) is 0 Å². The lowest BCUT2D eigenvalue weighted by Gasteiger charge is -2.19. The molecule has 3 aromatic rings. The minimum Gasteiger partial charge on any atom is -0.350 e. The number of benzene rings is 1. The Balaban J connectivity index is 1.87. The molecule has 0 radical (unpaired) electrons. The van der Waals surface area contributed by atoms with E-state index < -0.39 is 0 Å². The topological polar surface area (TPSA) is 75.5 Å². The van der Waals surface area contributed by atoms with E-state index in [2.05, 4.69) is 36.4 Å². The Labute approximate surface area is 171 Å². The van der Waals surface area contributed by atoms with Crippen LogP contribution in [0.15, 0.2) is 48.7 Å². The van der Waals surface area contributed by atoms with Crippen molar-refractivity contribution in [2.24, 2.45) is 5.92 Å². The Bertz CT molecular complexity index is 1030. The van der Waals surface area contributed by atoms with Crippen LogP contribution in [-0.4, -0.2) is 27.7 Å². The highest BCUT2D eigenvalue weighted by molar-refractivity contribution is 6.06. The number of nitrogens with zero attached hydrogens (tertiary/aromatic N) is 2. The number of hydrogen-bond acceptors (Lipinski definition) is 3. The van der Waals surface area contributed by atoms with Crippen molar-refractivity contribution in [3.05, 3.63) is 65.7 Å². The number of carbonyl (C=O) groups is 2. The van der Waals surface area contributed by atoms with Crippen LogP contribution in [0.3, 0.4) is 0 Å². The maximum Gasteiger partial charge on any atom is 0.292 e. The first-order chi connectivity index (χ1) is 13.7. The van der Waals surface area contributed by atoms with Gasteiger partial charge in [0.25, 0.3) is 11.8 Å². The van der Waals surface area contributed by atoms with Gasteiger partial charge < -0.3 is 10.6 Å². The molecular weight excluding hydrogens is 364 g/mol. The van der Waals surface area contributed by atoms with Crippen LogP contribution in [0.4, 0.5) is 5.69 Å². The van der Waals surface area contributed by atoms with Crippen LogP contribution in [0.25, 0.3) is 5.52 Å². The Hall–Kier alpha value is -3.15. The average molecular weight is 393 g/mol. The monoisotopic (exact) mass is 392 g/mol. The molecule has 1 aromatic carbocycles. The van der Waals surface area contributed by atoms with Gasteiger partial charge in [-0.2, -0.15) is 0 Å². The third kappa shape index (κ3) is 4.65. The number of hydrogen-bond donors (Lipinski definition) is 2. The molecule has 0 fully saturated rings. The van der Waals surface area contributed by atoms with Crippen molar-refractivity contribution >= 4 is 23.0 Å². The van der Waals surface area contributed by atoms with Gasteiger partial charge >= 0.3 is 0 Å². The number of aromatic nitrogens is 2. The third-order valence-electron chi connectivity index (χ3n) is 4.65. The molecular formula is C23H28N4O2. The summed E-state index contributed by atoms with van der Waals surface area (Å²) in [4.78, 5) is 29.8. The molecule has 6 nitrogen and oxygen atoms in total. The molecule has 0 aliphatic rings. The summed E-state index contributed by atoms with van der Waals surface area (Å²) in [6, 6.07) is 13.2. The first-order valence-electron chi connectivity index (χ1n) is 9.84. The van der Waals surface area contributed by atoms with E-state index in [4.69, 9.17) is 0 Å².